The molecule has 0 aromatic carbocycles. The number of hydrogen-bond donors (Lipinski definition) is 1. The van der Waals surface area contributed by atoms with E-state index in [1.165, 1.54) is 13.3 Å². The summed E-state index contributed by atoms with van der Waals surface area (Å²) in [6.45, 7) is 1.11. The van der Waals surface area contributed by atoms with Gasteiger partial charge in [-0.2, -0.15) is 0 Å². The Morgan fingerprint density at radius 3 is 2.75 bits per heavy atom. The molecule has 90 valence electrons. The predicted octanol–water partition coefficient (Wildman–Crippen LogP) is 1.02. The van der Waals surface area contributed by atoms with Gasteiger partial charge in [-0.1, -0.05) is 0 Å². The minimum absolute atomic E-state index is 0. The van der Waals surface area contributed by atoms with Crippen LogP contribution in [0.2, 0.25) is 0 Å². The standard InChI is InChI=1S/C10H14N2O3.ClH/c1-14-10(13)8-3-4-9(12-7-8)15-6-2-5-11;/h3-4,7H,2,5-6,11H2,1H3;1H. The van der Waals surface area contributed by atoms with Crippen molar-refractivity contribution in [3.63, 3.8) is 0 Å². The van der Waals surface area contributed by atoms with Crippen molar-refractivity contribution in [2.75, 3.05) is 20.3 Å². The Labute approximate surface area is 100 Å². The van der Waals surface area contributed by atoms with Crippen LogP contribution in [-0.4, -0.2) is 31.2 Å². The van der Waals surface area contributed by atoms with E-state index < -0.39 is 5.97 Å². The highest BCUT2D eigenvalue weighted by Gasteiger charge is 2.05. The van der Waals surface area contributed by atoms with Crippen LogP contribution in [0.4, 0.5) is 0 Å². The van der Waals surface area contributed by atoms with Crippen LogP contribution in [0.1, 0.15) is 16.8 Å². The molecule has 0 bridgehead atoms. The van der Waals surface area contributed by atoms with E-state index in [2.05, 4.69) is 9.72 Å². The molecule has 2 N–H and O–H groups in total. The van der Waals surface area contributed by atoms with Crippen LogP contribution in [0.15, 0.2) is 18.3 Å². The van der Waals surface area contributed by atoms with E-state index in [9.17, 15) is 4.79 Å². The monoisotopic (exact) mass is 246 g/mol. The summed E-state index contributed by atoms with van der Waals surface area (Å²) in [4.78, 5) is 15.0. The lowest BCUT2D eigenvalue weighted by molar-refractivity contribution is 0.0600. The molecule has 1 rings (SSSR count). The fourth-order valence-electron chi connectivity index (χ4n) is 0.964. The zero-order valence-electron chi connectivity index (χ0n) is 9.01. The highest BCUT2D eigenvalue weighted by atomic mass is 35.5. The SMILES string of the molecule is COC(=O)c1ccc(OCCCN)nc1.Cl. The summed E-state index contributed by atoms with van der Waals surface area (Å²) >= 11 is 0. The van der Waals surface area contributed by atoms with Crippen molar-refractivity contribution in [2.24, 2.45) is 5.73 Å². The fraction of sp³-hybridized carbons (Fsp3) is 0.400. The molecule has 6 heteroatoms. The third kappa shape index (κ3) is 4.46. The maximum atomic E-state index is 11.1. The van der Waals surface area contributed by atoms with Crippen LogP contribution in [0.5, 0.6) is 5.88 Å². The third-order valence-corrected chi connectivity index (χ3v) is 1.76. The Morgan fingerprint density at radius 2 is 2.25 bits per heavy atom. The second-order valence-corrected chi connectivity index (χ2v) is 2.87. The molecule has 0 amide bonds. The summed E-state index contributed by atoms with van der Waals surface area (Å²) < 4.78 is 9.81. The van der Waals surface area contributed by atoms with Crippen LogP contribution >= 0.6 is 12.4 Å². The average Bonchev–Trinajstić information content (AvgIpc) is 2.29. The predicted molar refractivity (Wildman–Crippen MR) is 62.0 cm³/mol. The molecule has 0 fully saturated rings. The van der Waals surface area contributed by atoms with Gasteiger partial charge in [0, 0.05) is 12.3 Å². The van der Waals surface area contributed by atoms with Crippen LogP contribution in [0, 0.1) is 0 Å². The van der Waals surface area contributed by atoms with Gasteiger partial charge in [0.2, 0.25) is 5.88 Å². The van der Waals surface area contributed by atoms with Gasteiger partial charge >= 0.3 is 5.97 Å². The van der Waals surface area contributed by atoms with Gasteiger partial charge in [0.25, 0.3) is 0 Å². The van der Waals surface area contributed by atoms with E-state index in [1.807, 2.05) is 0 Å². The minimum atomic E-state index is -0.406. The Balaban J connectivity index is 0.00000225. The molecule has 1 aromatic rings. The quantitative estimate of drug-likeness (QED) is 0.620. The highest BCUT2D eigenvalue weighted by Crippen LogP contribution is 2.08. The van der Waals surface area contributed by atoms with Crippen molar-refractivity contribution in [3.8, 4) is 5.88 Å². The molecular weight excluding hydrogens is 232 g/mol. The maximum Gasteiger partial charge on any atom is 0.339 e. The minimum Gasteiger partial charge on any atom is -0.478 e. The Morgan fingerprint density at radius 1 is 1.50 bits per heavy atom. The molecule has 0 unspecified atom stereocenters. The molecule has 16 heavy (non-hydrogen) atoms. The van der Waals surface area contributed by atoms with E-state index in [0.29, 0.717) is 24.6 Å². The summed E-state index contributed by atoms with van der Waals surface area (Å²) in [5.41, 5.74) is 5.72. The van der Waals surface area contributed by atoms with Crippen molar-refractivity contribution in [3.05, 3.63) is 23.9 Å². The lowest BCUT2D eigenvalue weighted by atomic mass is 10.3. The number of methoxy groups -OCH3 is 1. The first-order chi connectivity index (χ1) is 7.27. The molecule has 1 aromatic heterocycles. The number of aromatic nitrogens is 1. The second-order valence-electron chi connectivity index (χ2n) is 2.87. The summed E-state index contributed by atoms with van der Waals surface area (Å²) in [6.07, 6.45) is 2.20. The van der Waals surface area contributed by atoms with E-state index in [-0.39, 0.29) is 12.4 Å². The Bertz CT molecular complexity index is 316. The number of halogens is 1. The van der Waals surface area contributed by atoms with Gasteiger partial charge in [0.1, 0.15) is 0 Å². The van der Waals surface area contributed by atoms with Gasteiger partial charge in [0.05, 0.1) is 19.3 Å². The lowest BCUT2D eigenvalue weighted by Gasteiger charge is -2.04. The third-order valence-electron chi connectivity index (χ3n) is 1.76. The van der Waals surface area contributed by atoms with E-state index in [0.717, 1.165) is 6.42 Å². The zero-order valence-corrected chi connectivity index (χ0v) is 9.83. The molecule has 1 heterocycles. The van der Waals surface area contributed by atoms with E-state index in [4.69, 9.17) is 10.5 Å². The van der Waals surface area contributed by atoms with Crippen molar-refractivity contribution in [1.29, 1.82) is 0 Å². The van der Waals surface area contributed by atoms with E-state index >= 15 is 0 Å². The van der Waals surface area contributed by atoms with Gasteiger partial charge in [-0.25, -0.2) is 9.78 Å². The normalized spacial score (nSPS) is 9.12. The fourth-order valence-corrected chi connectivity index (χ4v) is 0.964. The first-order valence-electron chi connectivity index (χ1n) is 4.65. The number of pyridine rings is 1. The summed E-state index contributed by atoms with van der Waals surface area (Å²) in [7, 11) is 1.33. The Hall–Kier alpha value is -1.33. The van der Waals surface area contributed by atoms with Crippen molar-refractivity contribution < 1.29 is 14.3 Å². The summed E-state index contributed by atoms with van der Waals surface area (Å²) in [5.74, 6) is 0.0760. The van der Waals surface area contributed by atoms with Gasteiger partial charge in [-0.3, -0.25) is 0 Å². The van der Waals surface area contributed by atoms with Crippen LogP contribution in [0.25, 0.3) is 0 Å². The molecule has 0 radical (unpaired) electrons. The first kappa shape index (κ1) is 14.7. The molecular formula is C10H15ClN2O3. The smallest absolute Gasteiger partial charge is 0.339 e. The lowest BCUT2D eigenvalue weighted by Crippen LogP contribution is -2.07. The van der Waals surface area contributed by atoms with Crippen molar-refractivity contribution >= 4 is 18.4 Å². The number of carbonyl (C=O) groups excluding carboxylic acids is 1. The molecule has 0 saturated heterocycles. The van der Waals surface area contributed by atoms with Crippen molar-refractivity contribution in [2.45, 2.75) is 6.42 Å². The largest absolute Gasteiger partial charge is 0.478 e. The van der Waals surface area contributed by atoms with Gasteiger partial charge in [0.15, 0.2) is 0 Å². The summed E-state index contributed by atoms with van der Waals surface area (Å²) in [5, 5.41) is 0. The molecule has 5 nitrogen and oxygen atoms in total. The van der Waals surface area contributed by atoms with Crippen LogP contribution in [0.3, 0.4) is 0 Å². The van der Waals surface area contributed by atoms with Crippen molar-refractivity contribution in [1.82, 2.24) is 4.98 Å². The van der Waals surface area contributed by atoms with Crippen LogP contribution < -0.4 is 10.5 Å². The molecule has 0 atom stereocenters. The topological polar surface area (TPSA) is 74.4 Å². The average molecular weight is 247 g/mol. The number of ether oxygens (including phenoxy) is 2. The maximum absolute atomic E-state index is 11.1. The first-order valence-corrected chi connectivity index (χ1v) is 4.65. The Kier molecular flexibility index (Phi) is 7.24. The second kappa shape index (κ2) is 7.90. The molecule has 0 aliphatic rings. The number of rotatable bonds is 5. The summed E-state index contributed by atoms with van der Waals surface area (Å²) in [6, 6.07) is 3.24. The number of hydrogen-bond acceptors (Lipinski definition) is 5. The molecule has 0 saturated carbocycles. The number of nitrogens with two attached hydrogens (primary N) is 1. The molecule has 0 spiro atoms. The van der Waals surface area contributed by atoms with Gasteiger partial charge in [-0.05, 0) is 19.0 Å². The van der Waals surface area contributed by atoms with Crippen LogP contribution in [-0.2, 0) is 4.74 Å². The molecule has 0 aliphatic carbocycles. The number of carbonyl (C=O) groups is 1. The van der Waals surface area contributed by atoms with Gasteiger partial charge in [-0.15, -0.1) is 12.4 Å². The zero-order chi connectivity index (χ0) is 11.1. The van der Waals surface area contributed by atoms with E-state index in [1.54, 1.807) is 12.1 Å². The number of esters is 1. The number of nitrogens with zero attached hydrogens (tertiary/aromatic N) is 1. The highest BCUT2D eigenvalue weighted by molar-refractivity contribution is 5.88. The van der Waals surface area contributed by atoms with Gasteiger partial charge < -0.3 is 15.2 Å². The molecule has 0 aliphatic heterocycles.